The molecule has 1 aromatic heterocycles. The minimum absolute atomic E-state index is 0.227. The van der Waals surface area contributed by atoms with Crippen molar-refractivity contribution in [2.45, 2.75) is 18.6 Å². The number of carbonyl (C=O) groups is 2. The molecule has 3 aliphatic rings. The Balaban J connectivity index is 1.44. The van der Waals surface area contributed by atoms with E-state index in [1.165, 1.54) is 23.1 Å². The Hall–Kier alpha value is -3.00. The molecule has 2 aromatic rings. The number of fused-ring (bicyclic) bond motifs is 1. The summed E-state index contributed by atoms with van der Waals surface area (Å²) in [6.45, 7) is 2.02. The van der Waals surface area contributed by atoms with Gasteiger partial charge in [0.25, 0.3) is 0 Å². The number of benzene rings is 1. The summed E-state index contributed by atoms with van der Waals surface area (Å²) in [6, 6.07) is 7.32. The third-order valence-corrected chi connectivity index (χ3v) is 5.39. The number of rotatable bonds is 3. The fourth-order valence-corrected chi connectivity index (χ4v) is 4.26. The molecule has 1 aromatic carbocycles. The number of amides is 2. The normalized spacial score (nSPS) is 30.8. The molecule has 0 unspecified atom stereocenters. The minimum Gasteiger partial charge on any atom is -0.360 e. The molecule has 138 valence electrons. The number of hydrogen-bond donors (Lipinski definition) is 1. The SMILES string of the molecule is Cc1cc(N2C[C@@]34C=C[C@@H](O3)[C@H](C(=O)Nc3cccc(F)c3)[C@H]4C2=O)no1. The fourth-order valence-electron chi connectivity index (χ4n) is 4.26. The summed E-state index contributed by atoms with van der Waals surface area (Å²) in [5.74, 6) is -1.39. The van der Waals surface area contributed by atoms with E-state index in [0.29, 0.717) is 17.3 Å². The molecule has 1 N–H and O–H groups in total. The van der Waals surface area contributed by atoms with Gasteiger partial charge in [-0.1, -0.05) is 23.4 Å². The first-order valence-electron chi connectivity index (χ1n) is 8.65. The summed E-state index contributed by atoms with van der Waals surface area (Å²) in [4.78, 5) is 27.5. The zero-order chi connectivity index (χ0) is 18.8. The monoisotopic (exact) mass is 369 g/mol. The number of anilines is 2. The Morgan fingerprint density at radius 2 is 2.26 bits per heavy atom. The van der Waals surface area contributed by atoms with Crippen molar-refractivity contribution in [1.82, 2.24) is 5.16 Å². The van der Waals surface area contributed by atoms with Crippen molar-refractivity contribution in [2.24, 2.45) is 11.8 Å². The standard InChI is InChI=1S/C19H16FN3O4/c1-10-7-14(22-27-10)23-9-19-6-5-13(26-19)15(16(19)18(23)25)17(24)21-12-4-2-3-11(20)8-12/h2-8,13,15-16H,9H2,1H3,(H,21,24)/t13-,15+,16+,19-/m1/s1. The van der Waals surface area contributed by atoms with Gasteiger partial charge in [0.1, 0.15) is 17.2 Å². The molecule has 4 atom stereocenters. The zero-order valence-corrected chi connectivity index (χ0v) is 14.4. The molecule has 27 heavy (non-hydrogen) atoms. The van der Waals surface area contributed by atoms with Gasteiger partial charge in [-0.05, 0) is 25.1 Å². The minimum atomic E-state index is -0.849. The predicted octanol–water partition coefficient (Wildman–Crippen LogP) is 2.05. The third kappa shape index (κ3) is 2.33. The van der Waals surface area contributed by atoms with E-state index >= 15 is 0 Å². The van der Waals surface area contributed by atoms with Gasteiger partial charge < -0.3 is 14.6 Å². The zero-order valence-electron chi connectivity index (χ0n) is 14.4. The van der Waals surface area contributed by atoms with E-state index < -0.39 is 29.4 Å². The predicted molar refractivity (Wildman–Crippen MR) is 92.3 cm³/mol. The first-order valence-corrected chi connectivity index (χ1v) is 8.65. The second-order valence-electron chi connectivity index (χ2n) is 7.12. The second kappa shape index (κ2) is 5.50. The van der Waals surface area contributed by atoms with Gasteiger partial charge in [0.05, 0.1) is 24.5 Å². The maximum atomic E-state index is 13.4. The lowest BCUT2D eigenvalue weighted by molar-refractivity contribution is -0.128. The van der Waals surface area contributed by atoms with E-state index in [4.69, 9.17) is 9.26 Å². The number of nitrogens with one attached hydrogen (secondary N) is 1. The van der Waals surface area contributed by atoms with E-state index in [2.05, 4.69) is 10.5 Å². The molecule has 2 amide bonds. The van der Waals surface area contributed by atoms with Crippen LogP contribution in [0.5, 0.6) is 0 Å². The number of halogens is 1. The highest BCUT2D eigenvalue weighted by atomic mass is 19.1. The van der Waals surface area contributed by atoms with Crippen LogP contribution in [0.4, 0.5) is 15.9 Å². The molecule has 0 radical (unpaired) electrons. The maximum Gasteiger partial charge on any atom is 0.235 e. The van der Waals surface area contributed by atoms with Gasteiger partial charge in [-0.3, -0.25) is 14.5 Å². The van der Waals surface area contributed by atoms with Gasteiger partial charge in [0, 0.05) is 11.8 Å². The molecular formula is C19H16FN3O4. The molecule has 4 heterocycles. The van der Waals surface area contributed by atoms with Crippen LogP contribution >= 0.6 is 0 Å². The Kier molecular flexibility index (Phi) is 3.30. The van der Waals surface area contributed by atoms with Crippen LogP contribution in [0.2, 0.25) is 0 Å². The molecule has 0 aliphatic carbocycles. The molecule has 7 nitrogen and oxygen atoms in total. The Labute approximate surface area is 153 Å². The largest absolute Gasteiger partial charge is 0.360 e. The molecule has 2 fully saturated rings. The van der Waals surface area contributed by atoms with Crippen LogP contribution in [-0.4, -0.2) is 35.2 Å². The second-order valence-corrected chi connectivity index (χ2v) is 7.12. The van der Waals surface area contributed by atoms with Crippen LogP contribution < -0.4 is 10.2 Å². The molecule has 2 bridgehead atoms. The van der Waals surface area contributed by atoms with E-state index in [1.54, 1.807) is 19.1 Å². The van der Waals surface area contributed by atoms with Crippen LogP contribution in [0.15, 0.2) is 47.0 Å². The topological polar surface area (TPSA) is 84.7 Å². The first kappa shape index (κ1) is 16.2. The molecule has 1 spiro atoms. The highest BCUT2D eigenvalue weighted by Crippen LogP contribution is 2.52. The summed E-state index contributed by atoms with van der Waals surface area (Å²) in [7, 11) is 0. The molecule has 2 saturated heterocycles. The smallest absolute Gasteiger partial charge is 0.235 e. The summed E-state index contributed by atoms with van der Waals surface area (Å²) in [5.41, 5.74) is -0.506. The summed E-state index contributed by atoms with van der Waals surface area (Å²) < 4.78 is 24.5. The van der Waals surface area contributed by atoms with Gasteiger partial charge in [0.2, 0.25) is 11.8 Å². The van der Waals surface area contributed by atoms with Crippen molar-refractivity contribution < 1.29 is 23.2 Å². The molecule has 3 aliphatic heterocycles. The maximum absolute atomic E-state index is 13.4. The van der Waals surface area contributed by atoms with Crippen LogP contribution in [-0.2, 0) is 14.3 Å². The van der Waals surface area contributed by atoms with Crippen molar-refractivity contribution in [1.29, 1.82) is 0 Å². The summed E-state index contributed by atoms with van der Waals surface area (Å²) in [5, 5.41) is 6.61. The number of carbonyl (C=O) groups excluding carboxylic acids is 2. The summed E-state index contributed by atoms with van der Waals surface area (Å²) >= 11 is 0. The van der Waals surface area contributed by atoms with Crippen LogP contribution in [0.1, 0.15) is 5.76 Å². The molecular weight excluding hydrogens is 353 g/mol. The van der Waals surface area contributed by atoms with E-state index in [1.807, 2.05) is 12.2 Å². The van der Waals surface area contributed by atoms with Gasteiger partial charge in [0.15, 0.2) is 5.82 Å². The van der Waals surface area contributed by atoms with Crippen molar-refractivity contribution >= 4 is 23.3 Å². The van der Waals surface area contributed by atoms with Crippen LogP contribution in [0.3, 0.4) is 0 Å². The van der Waals surface area contributed by atoms with Crippen molar-refractivity contribution in [3.63, 3.8) is 0 Å². The van der Waals surface area contributed by atoms with Crippen LogP contribution in [0, 0.1) is 24.6 Å². The average molecular weight is 369 g/mol. The van der Waals surface area contributed by atoms with Gasteiger partial charge >= 0.3 is 0 Å². The number of aromatic nitrogens is 1. The van der Waals surface area contributed by atoms with Gasteiger partial charge in [-0.15, -0.1) is 0 Å². The Morgan fingerprint density at radius 3 is 3.00 bits per heavy atom. The lowest BCUT2D eigenvalue weighted by atomic mass is 9.77. The number of aryl methyl sites for hydroxylation is 1. The Morgan fingerprint density at radius 1 is 1.41 bits per heavy atom. The summed E-state index contributed by atoms with van der Waals surface area (Å²) in [6.07, 6.45) is 3.20. The number of nitrogens with zero attached hydrogens (tertiary/aromatic N) is 2. The molecule has 8 heteroatoms. The number of hydrogen-bond acceptors (Lipinski definition) is 5. The van der Waals surface area contributed by atoms with Crippen LogP contribution in [0.25, 0.3) is 0 Å². The Bertz CT molecular complexity index is 987. The highest BCUT2D eigenvalue weighted by molar-refractivity contribution is 6.05. The van der Waals surface area contributed by atoms with Gasteiger partial charge in [-0.2, -0.15) is 0 Å². The molecule has 5 rings (SSSR count). The lowest BCUT2D eigenvalue weighted by Crippen LogP contribution is -2.41. The highest BCUT2D eigenvalue weighted by Gasteiger charge is 2.67. The first-order chi connectivity index (χ1) is 13.0. The fraction of sp³-hybridized carbons (Fsp3) is 0.316. The van der Waals surface area contributed by atoms with Crippen molar-refractivity contribution in [2.75, 3.05) is 16.8 Å². The lowest BCUT2D eigenvalue weighted by Gasteiger charge is -2.23. The number of ether oxygens (including phenoxy) is 1. The van der Waals surface area contributed by atoms with E-state index in [0.717, 1.165) is 0 Å². The van der Waals surface area contributed by atoms with Gasteiger partial charge in [-0.25, -0.2) is 4.39 Å². The molecule has 0 saturated carbocycles. The van der Waals surface area contributed by atoms with E-state index in [9.17, 15) is 14.0 Å². The third-order valence-electron chi connectivity index (χ3n) is 5.39. The van der Waals surface area contributed by atoms with Crippen molar-refractivity contribution in [3.05, 3.63) is 54.1 Å². The quantitative estimate of drug-likeness (QED) is 0.837. The van der Waals surface area contributed by atoms with Crippen molar-refractivity contribution in [3.8, 4) is 0 Å². The average Bonchev–Trinajstić information content (AvgIpc) is 3.36. The van der Waals surface area contributed by atoms with E-state index in [-0.39, 0.29) is 18.4 Å².